The van der Waals surface area contributed by atoms with Crippen molar-refractivity contribution in [2.75, 3.05) is 6.54 Å². The van der Waals surface area contributed by atoms with E-state index in [1.165, 1.54) is 24.3 Å². The highest BCUT2D eigenvalue weighted by Crippen LogP contribution is 2.03. The molecular formula is C10H9FN2O2. The highest BCUT2D eigenvalue weighted by Gasteiger charge is 2.01. The zero-order valence-electron chi connectivity index (χ0n) is 7.87. The number of benzene rings is 1. The molecule has 0 spiro atoms. The molecule has 1 aromatic carbocycles. The second kappa shape index (κ2) is 5.60. The van der Waals surface area contributed by atoms with Crippen molar-refractivity contribution in [1.29, 1.82) is 5.26 Å². The molecule has 0 fully saturated rings. The molecule has 1 N–H and O–H groups in total. The molecule has 0 unspecified atom stereocenters. The Morgan fingerprint density at radius 2 is 2.13 bits per heavy atom. The Hall–Kier alpha value is -2.09. The predicted octanol–water partition coefficient (Wildman–Crippen LogP) is 1.58. The molecule has 4 nitrogen and oxygen atoms in total. The first-order valence-electron chi connectivity index (χ1n) is 4.24. The van der Waals surface area contributed by atoms with E-state index < -0.39 is 6.09 Å². The summed E-state index contributed by atoms with van der Waals surface area (Å²) >= 11 is 0. The van der Waals surface area contributed by atoms with Crippen LogP contribution < -0.4 is 5.32 Å². The molecule has 1 rings (SSSR count). The third kappa shape index (κ3) is 4.09. The Bertz CT molecular complexity index is 370. The molecule has 1 amide bonds. The van der Waals surface area contributed by atoms with E-state index >= 15 is 0 Å². The van der Waals surface area contributed by atoms with Gasteiger partial charge in [-0.25, -0.2) is 9.18 Å². The topological polar surface area (TPSA) is 62.1 Å². The summed E-state index contributed by atoms with van der Waals surface area (Å²) in [6, 6.07) is 7.35. The minimum Gasteiger partial charge on any atom is -0.445 e. The molecule has 0 saturated carbocycles. The van der Waals surface area contributed by atoms with Gasteiger partial charge in [-0.3, -0.25) is 0 Å². The molecule has 0 aliphatic heterocycles. The van der Waals surface area contributed by atoms with Crippen LogP contribution in [-0.4, -0.2) is 12.6 Å². The first kappa shape index (κ1) is 11.0. The second-order valence-corrected chi connectivity index (χ2v) is 2.71. The summed E-state index contributed by atoms with van der Waals surface area (Å²) in [5.41, 5.74) is 0.684. The van der Waals surface area contributed by atoms with Crippen molar-refractivity contribution in [2.24, 2.45) is 0 Å². The van der Waals surface area contributed by atoms with Gasteiger partial charge in [-0.1, -0.05) is 12.1 Å². The molecule has 0 aliphatic carbocycles. The zero-order chi connectivity index (χ0) is 11.1. The van der Waals surface area contributed by atoms with E-state index in [4.69, 9.17) is 10.00 Å². The summed E-state index contributed by atoms with van der Waals surface area (Å²) in [4.78, 5) is 10.9. The van der Waals surface area contributed by atoms with Crippen LogP contribution in [0, 0.1) is 17.1 Å². The van der Waals surface area contributed by atoms with E-state index in [0.717, 1.165) is 0 Å². The number of rotatable bonds is 3. The van der Waals surface area contributed by atoms with E-state index in [2.05, 4.69) is 5.32 Å². The van der Waals surface area contributed by atoms with Crippen LogP contribution in [0.25, 0.3) is 0 Å². The van der Waals surface area contributed by atoms with E-state index in [0.29, 0.717) is 5.56 Å². The van der Waals surface area contributed by atoms with Gasteiger partial charge >= 0.3 is 6.09 Å². The number of ether oxygens (including phenoxy) is 1. The Kier molecular flexibility index (Phi) is 4.10. The molecule has 0 saturated heterocycles. The van der Waals surface area contributed by atoms with Gasteiger partial charge in [0.05, 0.1) is 6.07 Å². The fourth-order valence-corrected chi connectivity index (χ4v) is 0.892. The third-order valence-electron chi connectivity index (χ3n) is 1.59. The minimum atomic E-state index is -0.666. The molecule has 0 heterocycles. The maximum atomic E-state index is 12.5. The standard InChI is InChI=1S/C10H9FN2O2/c11-9-3-1-8(2-4-9)7-15-10(14)13-6-5-12/h1-4H,6-7H2,(H,13,14). The average Bonchev–Trinajstić information content (AvgIpc) is 2.25. The van der Waals surface area contributed by atoms with Crippen molar-refractivity contribution in [3.8, 4) is 6.07 Å². The van der Waals surface area contributed by atoms with Crippen molar-refractivity contribution in [1.82, 2.24) is 5.32 Å². The summed E-state index contributed by atoms with van der Waals surface area (Å²) in [5, 5.41) is 10.4. The lowest BCUT2D eigenvalue weighted by Crippen LogP contribution is -2.24. The van der Waals surface area contributed by atoms with Crippen molar-refractivity contribution in [3.05, 3.63) is 35.6 Å². The molecule has 0 atom stereocenters. The number of hydrogen-bond donors (Lipinski definition) is 1. The lowest BCUT2D eigenvalue weighted by Gasteiger charge is -2.04. The Balaban J connectivity index is 2.34. The normalized spacial score (nSPS) is 9.07. The van der Waals surface area contributed by atoms with Gasteiger partial charge in [0.1, 0.15) is 19.0 Å². The first-order chi connectivity index (χ1) is 7.22. The highest BCUT2D eigenvalue weighted by atomic mass is 19.1. The quantitative estimate of drug-likeness (QED) is 0.767. The predicted molar refractivity (Wildman–Crippen MR) is 50.2 cm³/mol. The fourth-order valence-electron chi connectivity index (χ4n) is 0.892. The lowest BCUT2D eigenvalue weighted by atomic mass is 10.2. The molecule has 78 valence electrons. The van der Waals surface area contributed by atoms with E-state index in [-0.39, 0.29) is 19.0 Å². The van der Waals surface area contributed by atoms with Crippen LogP contribution in [0.15, 0.2) is 24.3 Å². The van der Waals surface area contributed by atoms with Crippen molar-refractivity contribution in [3.63, 3.8) is 0 Å². The van der Waals surface area contributed by atoms with Gasteiger partial charge < -0.3 is 10.1 Å². The van der Waals surface area contributed by atoms with E-state index in [1.54, 1.807) is 6.07 Å². The van der Waals surface area contributed by atoms with Gasteiger partial charge in [-0.05, 0) is 17.7 Å². The van der Waals surface area contributed by atoms with E-state index in [1.807, 2.05) is 0 Å². The van der Waals surface area contributed by atoms with Gasteiger partial charge in [0, 0.05) is 0 Å². The van der Waals surface area contributed by atoms with Gasteiger partial charge in [-0.2, -0.15) is 5.26 Å². The lowest BCUT2D eigenvalue weighted by molar-refractivity contribution is 0.141. The molecule has 0 aromatic heterocycles. The van der Waals surface area contributed by atoms with Gasteiger partial charge in [-0.15, -0.1) is 0 Å². The summed E-state index contributed by atoms with van der Waals surface area (Å²) in [6.07, 6.45) is -0.666. The molecule has 0 radical (unpaired) electrons. The number of nitrogens with one attached hydrogen (secondary N) is 1. The summed E-state index contributed by atoms with van der Waals surface area (Å²) in [7, 11) is 0. The maximum absolute atomic E-state index is 12.5. The van der Waals surface area contributed by atoms with Crippen molar-refractivity contribution >= 4 is 6.09 Å². The van der Waals surface area contributed by atoms with Gasteiger partial charge in [0.15, 0.2) is 0 Å². The smallest absolute Gasteiger partial charge is 0.408 e. The van der Waals surface area contributed by atoms with Crippen LogP contribution in [0.1, 0.15) is 5.56 Å². The molecule has 5 heteroatoms. The monoisotopic (exact) mass is 208 g/mol. The first-order valence-corrected chi connectivity index (χ1v) is 4.24. The Morgan fingerprint density at radius 1 is 1.47 bits per heavy atom. The average molecular weight is 208 g/mol. The van der Waals surface area contributed by atoms with Crippen LogP contribution in [0.2, 0.25) is 0 Å². The van der Waals surface area contributed by atoms with Crippen molar-refractivity contribution < 1.29 is 13.9 Å². The van der Waals surface area contributed by atoms with Crippen molar-refractivity contribution in [2.45, 2.75) is 6.61 Å². The van der Waals surface area contributed by atoms with Crippen LogP contribution in [0.3, 0.4) is 0 Å². The van der Waals surface area contributed by atoms with Crippen LogP contribution in [0.5, 0.6) is 0 Å². The maximum Gasteiger partial charge on any atom is 0.408 e. The highest BCUT2D eigenvalue weighted by molar-refractivity contribution is 5.67. The second-order valence-electron chi connectivity index (χ2n) is 2.71. The number of nitriles is 1. The van der Waals surface area contributed by atoms with Gasteiger partial charge in [0.2, 0.25) is 0 Å². The molecule has 15 heavy (non-hydrogen) atoms. The third-order valence-corrected chi connectivity index (χ3v) is 1.59. The van der Waals surface area contributed by atoms with Crippen LogP contribution in [0.4, 0.5) is 9.18 Å². The minimum absolute atomic E-state index is 0.0531. The molecule has 0 aliphatic rings. The Morgan fingerprint density at radius 3 is 2.73 bits per heavy atom. The largest absolute Gasteiger partial charge is 0.445 e. The fraction of sp³-hybridized carbons (Fsp3) is 0.200. The van der Waals surface area contributed by atoms with E-state index in [9.17, 15) is 9.18 Å². The summed E-state index contributed by atoms with van der Waals surface area (Å²) in [6.45, 7) is -0.0419. The number of hydrogen-bond acceptors (Lipinski definition) is 3. The number of amides is 1. The number of carbonyl (C=O) groups is 1. The number of alkyl carbamates (subject to hydrolysis) is 1. The number of nitrogens with zero attached hydrogens (tertiary/aromatic N) is 1. The SMILES string of the molecule is N#CCNC(=O)OCc1ccc(F)cc1. The number of carbonyl (C=O) groups excluding carboxylic acids is 1. The van der Waals surface area contributed by atoms with Gasteiger partial charge in [0.25, 0.3) is 0 Å². The molecular weight excluding hydrogens is 199 g/mol. The zero-order valence-corrected chi connectivity index (χ0v) is 7.87. The summed E-state index contributed by atoms with van der Waals surface area (Å²) < 4.78 is 17.2. The van der Waals surface area contributed by atoms with Crippen LogP contribution >= 0.6 is 0 Å². The number of halogens is 1. The van der Waals surface area contributed by atoms with Crippen LogP contribution in [-0.2, 0) is 11.3 Å². The molecule has 1 aromatic rings. The Labute approximate surface area is 86.3 Å². The summed E-state index contributed by atoms with van der Waals surface area (Å²) in [5.74, 6) is -0.340. The molecule has 0 bridgehead atoms.